The molecule has 0 saturated carbocycles. The van der Waals surface area contributed by atoms with Crippen LogP contribution >= 0.6 is 23.6 Å². The van der Waals surface area contributed by atoms with Gasteiger partial charge in [-0.15, -0.1) is 0 Å². The Morgan fingerprint density at radius 2 is 2.15 bits per heavy atom. The van der Waals surface area contributed by atoms with Crippen molar-refractivity contribution in [2.45, 2.75) is 31.8 Å². The van der Waals surface area contributed by atoms with Gasteiger partial charge < -0.3 is 9.88 Å². The summed E-state index contributed by atoms with van der Waals surface area (Å²) in [5.74, 6) is 0.0770. The third-order valence-electron chi connectivity index (χ3n) is 4.94. The number of likely N-dealkylation sites (tertiary alicyclic amines) is 1. The predicted octanol–water partition coefficient (Wildman–Crippen LogP) is 3.87. The largest absolute Gasteiger partial charge is 0.336 e. The summed E-state index contributed by atoms with van der Waals surface area (Å²) in [5.41, 5.74) is 1.79. The lowest BCUT2D eigenvalue weighted by atomic mass is 10.1. The lowest BCUT2D eigenvalue weighted by Gasteiger charge is -2.24. The second-order valence-electron chi connectivity index (χ2n) is 6.48. The van der Waals surface area contributed by atoms with Crippen molar-refractivity contribution in [2.24, 2.45) is 0 Å². The smallest absolute Gasteiger partial charge is 0.262 e. The normalized spacial score (nSPS) is 17.1. The van der Waals surface area contributed by atoms with E-state index in [9.17, 15) is 9.59 Å². The first-order valence-corrected chi connectivity index (χ1v) is 10.0. The van der Waals surface area contributed by atoms with Crippen molar-refractivity contribution in [1.29, 1.82) is 0 Å². The summed E-state index contributed by atoms with van der Waals surface area (Å²) in [4.78, 5) is 30.5. The fraction of sp³-hybridized carbons (Fsp3) is 0.316. The van der Waals surface area contributed by atoms with Crippen LogP contribution in [0.5, 0.6) is 0 Å². The number of H-pyrrole nitrogens is 1. The van der Waals surface area contributed by atoms with Gasteiger partial charge in [-0.05, 0) is 59.6 Å². The highest BCUT2D eigenvalue weighted by Crippen LogP contribution is 2.33. The van der Waals surface area contributed by atoms with Gasteiger partial charge in [0.1, 0.15) is 0 Å². The average Bonchev–Trinajstić information content (AvgIpc) is 3.32. The maximum atomic E-state index is 12.8. The molecule has 1 atom stereocenters. The van der Waals surface area contributed by atoms with E-state index < -0.39 is 0 Å². The second-order valence-corrected chi connectivity index (χ2v) is 7.65. The number of nitrogens with zero attached hydrogens (tertiary/aromatic N) is 2. The number of amides is 1. The molecule has 0 aliphatic carbocycles. The molecule has 1 aliphatic heterocycles. The van der Waals surface area contributed by atoms with Crippen LogP contribution in [0.1, 0.15) is 30.9 Å². The molecule has 0 bridgehead atoms. The van der Waals surface area contributed by atoms with Gasteiger partial charge in [0.25, 0.3) is 5.56 Å². The maximum Gasteiger partial charge on any atom is 0.262 e. The van der Waals surface area contributed by atoms with E-state index in [1.54, 1.807) is 17.4 Å². The summed E-state index contributed by atoms with van der Waals surface area (Å²) in [7, 11) is 0. The van der Waals surface area contributed by atoms with Gasteiger partial charge >= 0.3 is 0 Å². The molecule has 1 amide bonds. The molecule has 134 valence electrons. The van der Waals surface area contributed by atoms with Crippen LogP contribution in [0.2, 0.25) is 0 Å². The van der Waals surface area contributed by atoms with Gasteiger partial charge in [-0.25, -0.2) is 0 Å². The van der Waals surface area contributed by atoms with Crippen LogP contribution in [0.15, 0.2) is 45.9 Å². The van der Waals surface area contributed by atoms with Gasteiger partial charge in [0.15, 0.2) is 4.77 Å². The van der Waals surface area contributed by atoms with Gasteiger partial charge in [-0.3, -0.25) is 14.2 Å². The minimum atomic E-state index is -0.145. The molecule has 5 nitrogen and oxygen atoms in total. The standard InChI is InChI=1S/C19H19N3O2S2/c23-17(21-9-3-6-16(21)13-8-11-26-12-13)7-10-22-18(24)14-4-1-2-5-15(14)20-19(22)25/h1-2,4-5,8,11-12,16H,3,6-7,9-10H2,(H,20,25). The third kappa shape index (κ3) is 3.12. The summed E-state index contributed by atoms with van der Waals surface area (Å²) in [6, 6.07) is 9.54. The number of aromatic amines is 1. The zero-order valence-corrected chi connectivity index (χ0v) is 15.8. The zero-order valence-electron chi connectivity index (χ0n) is 14.2. The first-order valence-electron chi connectivity index (χ1n) is 8.68. The first kappa shape index (κ1) is 17.2. The van der Waals surface area contributed by atoms with E-state index in [2.05, 4.69) is 16.4 Å². The van der Waals surface area contributed by atoms with Gasteiger partial charge in [0, 0.05) is 19.5 Å². The SMILES string of the molecule is O=C(CCn1c(=S)[nH]c2ccccc2c1=O)N1CCCC1c1ccsc1. The van der Waals surface area contributed by atoms with Crippen molar-refractivity contribution in [3.63, 3.8) is 0 Å². The summed E-state index contributed by atoms with van der Waals surface area (Å²) < 4.78 is 1.85. The highest BCUT2D eigenvalue weighted by Gasteiger charge is 2.29. The molecule has 1 saturated heterocycles. The highest BCUT2D eigenvalue weighted by atomic mass is 32.1. The maximum absolute atomic E-state index is 12.8. The number of thiophene rings is 1. The van der Waals surface area contributed by atoms with Crippen LogP contribution in [0.25, 0.3) is 10.9 Å². The monoisotopic (exact) mass is 385 g/mol. The number of nitrogens with one attached hydrogen (secondary N) is 1. The lowest BCUT2D eigenvalue weighted by Crippen LogP contribution is -2.32. The molecule has 1 fully saturated rings. The predicted molar refractivity (Wildman–Crippen MR) is 106 cm³/mol. The number of carbonyl (C=O) groups is 1. The van der Waals surface area contributed by atoms with E-state index in [0.29, 0.717) is 16.7 Å². The Bertz CT molecular complexity index is 1050. The zero-order chi connectivity index (χ0) is 18.1. The van der Waals surface area contributed by atoms with Gasteiger partial charge in [0.2, 0.25) is 5.91 Å². The third-order valence-corrected chi connectivity index (χ3v) is 5.96. The van der Waals surface area contributed by atoms with Gasteiger partial charge in [0.05, 0.1) is 16.9 Å². The number of hydrogen-bond acceptors (Lipinski definition) is 4. The van der Waals surface area contributed by atoms with Crippen LogP contribution in [0, 0.1) is 4.77 Å². The Morgan fingerprint density at radius 3 is 2.96 bits per heavy atom. The number of para-hydroxylation sites is 1. The Kier molecular flexibility index (Phi) is 4.74. The highest BCUT2D eigenvalue weighted by molar-refractivity contribution is 7.71. The Hall–Kier alpha value is -2.25. The van der Waals surface area contributed by atoms with E-state index in [1.165, 1.54) is 10.1 Å². The number of fused-ring (bicyclic) bond motifs is 1. The van der Waals surface area contributed by atoms with E-state index in [4.69, 9.17) is 12.2 Å². The van der Waals surface area contributed by atoms with Crippen molar-refractivity contribution in [3.8, 4) is 0 Å². The fourth-order valence-electron chi connectivity index (χ4n) is 3.63. The summed E-state index contributed by atoms with van der Waals surface area (Å²) in [6.07, 6.45) is 2.29. The fourth-order valence-corrected chi connectivity index (χ4v) is 4.62. The average molecular weight is 386 g/mol. The number of carbonyl (C=O) groups excluding carboxylic acids is 1. The minimum Gasteiger partial charge on any atom is -0.336 e. The summed E-state index contributed by atoms with van der Waals surface area (Å²) >= 11 is 6.98. The van der Waals surface area contributed by atoms with Crippen molar-refractivity contribution in [2.75, 3.05) is 6.54 Å². The van der Waals surface area contributed by atoms with Gasteiger partial charge in [-0.1, -0.05) is 12.1 Å². The number of benzene rings is 1. The molecular weight excluding hydrogens is 366 g/mol. The quantitative estimate of drug-likeness (QED) is 0.694. The second kappa shape index (κ2) is 7.17. The molecule has 2 aromatic heterocycles. The molecule has 1 aliphatic rings. The van der Waals surface area contributed by atoms with Crippen LogP contribution in [-0.2, 0) is 11.3 Å². The van der Waals surface area contributed by atoms with Crippen molar-refractivity contribution < 1.29 is 4.79 Å². The lowest BCUT2D eigenvalue weighted by molar-refractivity contribution is -0.132. The number of rotatable bonds is 4. The summed E-state index contributed by atoms with van der Waals surface area (Å²) in [5, 5.41) is 4.75. The molecule has 4 rings (SSSR count). The minimum absolute atomic E-state index is 0.0770. The van der Waals surface area contributed by atoms with Crippen LogP contribution in [0.3, 0.4) is 0 Å². The molecule has 1 N–H and O–H groups in total. The molecule has 7 heteroatoms. The Balaban J connectivity index is 1.54. The molecule has 1 unspecified atom stereocenters. The van der Waals surface area contributed by atoms with E-state index in [0.717, 1.165) is 24.9 Å². The van der Waals surface area contributed by atoms with Gasteiger partial charge in [-0.2, -0.15) is 11.3 Å². The van der Waals surface area contributed by atoms with E-state index in [1.807, 2.05) is 28.5 Å². The van der Waals surface area contributed by atoms with Crippen molar-refractivity contribution in [1.82, 2.24) is 14.5 Å². The molecule has 0 spiro atoms. The van der Waals surface area contributed by atoms with E-state index in [-0.39, 0.29) is 23.9 Å². The van der Waals surface area contributed by atoms with E-state index >= 15 is 0 Å². The topological polar surface area (TPSA) is 58.1 Å². The number of hydrogen-bond donors (Lipinski definition) is 1. The van der Waals surface area contributed by atoms with Crippen molar-refractivity contribution >= 4 is 40.4 Å². The van der Waals surface area contributed by atoms with Crippen molar-refractivity contribution in [3.05, 3.63) is 61.8 Å². The molecule has 0 radical (unpaired) electrons. The van der Waals surface area contributed by atoms with Crippen LogP contribution < -0.4 is 5.56 Å². The first-order chi connectivity index (χ1) is 12.6. The molecule has 3 heterocycles. The number of aromatic nitrogens is 2. The Morgan fingerprint density at radius 1 is 1.31 bits per heavy atom. The Labute approximate surface area is 159 Å². The van der Waals surface area contributed by atoms with Crippen LogP contribution in [-0.4, -0.2) is 26.9 Å². The molecule has 3 aromatic rings. The van der Waals surface area contributed by atoms with Crippen LogP contribution in [0.4, 0.5) is 0 Å². The molecule has 1 aromatic carbocycles. The summed E-state index contributed by atoms with van der Waals surface area (Å²) in [6.45, 7) is 1.07. The molecule has 26 heavy (non-hydrogen) atoms. The molecular formula is C19H19N3O2S2.